The zero-order valence-corrected chi connectivity index (χ0v) is 12.7. The van der Waals surface area contributed by atoms with E-state index in [4.69, 9.17) is 0 Å². The number of aromatic nitrogens is 1. The van der Waals surface area contributed by atoms with Gasteiger partial charge in [0.15, 0.2) is 0 Å². The lowest BCUT2D eigenvalue weighted by Gasteiger charge is -2.14. The number of anilines is 2. The summed E-state index contributed by atoms with van der Waals surface area (Å²) in [6.45, 7) is 0. The van der Waals surface area contributed by atoms with Gasteiger partial charge in [0.25, 0.3) is 6.43 Å². The molecule has 1 aromatic heterocycles. The predicted molar refractivity (Wildman–Crippen MR) is 84.1 cm³/mol. The smallest absolute Gasteiger partial charge is 0.282 e. The topological polar surface area (TPSA) is 24.9 Å². The van der Waals surface area contributed by atoms with Crippen molar-refractivity contribution in [2.24, 2.45) is 0 Å². The van der Waals surface area contributed by atoms with Crippen LogP contribution < -0.4 is 5.32 Å². The quantitative estimate of drug-likeness (QED) is 0.631. The third-order valence-electron chi connectivity index (χ3n) is 3.18. The Bertz CT molecular complexity index is 837. The molecule has 1 N–H and O–H groups in total. The largest absolute Gasteiger partial charge is 0.353 e. The van der Waals surface area contributed by atoms with Crippen molar-refractivity contribution in [3.8, 4) is 0 Å². The molecular weight excluding hydrogens is 357 g/mol. The monoisotopic (exact) mass is 366 g/mol. The molecule has 0 amide bonds. The predicted octanol–water partition coefficient (Wildman–Crippen LogP) is 5.82. The fourth-order valence-electron chi connectivity index (χ4n) is 2.14. The first-order valence-electron chi connectivity index (χ1n) is 6.45. The molecule has 0 saturated heterocycles. The number of nitrogens with zero attached hydrogens (tertiary/aromatic N) is 1. The van der Waals surface area contributed by atoms with Gasteiger partial charge in [0.2, 0.25) is 0 Å². The van der Waals surface area contributed by atoms with Gasteiger partial charge in [-0.05, 0) is 40.2 Å². The minimum atomic E-state index is -2.74. The van der Waals surface area contributed by atoms with Crippen molar-refractivity contribution in [3.63, 3.8) is 0 Å². The van der Waals surface area contributed by atoms with E-state index in [1.807, 2.05) is 0 Å². The van der Waals surface area contributed by atoms with Gasteiger partial charge in [0.05, 0.1) is 21.4 Å². The zero-order valence-electron chi connectivity index (χ0n) is 11.2. The number of para-hydroxylation sites is 1. The highest BCUT2D eigenvalue weighted by molar-refractivity contribution is 9.10. The van der Waals surface area contributed by atoms with Crippen LogP contribution in [-0.2, 0) is 0 Å². The molecule has 0 saturated carbocycles. The van der Waals surface area contributed by atoms with Crippen LogP contribution in [0.5, 0.6) is 0 Å². The third kappa shape index (κ3) is 2.78. The molecular formula is C16H10BrF3N2. The van der Waals surface area contributed by atoms with E-state index in [-0.39, 0.29) is 15.9 Å². The highest BCUT2D eigenvalue weighted by atomic mass is 79.9. The Morgan fingerprint density at radius 2 is 1.77 bits per heavy atom. The summed E-state index contributed by atoms with van der Waals surface area (Å²) < 4.78 is 40.2. The van der Waals surface area contributed by atoms with Crippen molar-refractivity contribution in [2.45, 2.75) is 6.43 Å². The molecule has 6 heteroatoms. The Balaban J connectivity index is 2.12. The Kier molecular flexibility index (Phi) is 4.02. The molecule has 0 bridgehead atoms. The number of benzene rings is 2. The Morgan fingerprint density at radius 3 is 2.55 bits per heavy atom. The van der Waals surface area contributed by atoms with Crippen LogP contribution in [-0.4, -0.2) is 4.98 Å². The molecule has 0 spiro atoms. The molecule has 2 aromatic carbocycles. The molecule has 0 atom stereocenters. The summed E-state index contributed by atoms with van der Waals surface area (Å²) in [5.74, 6) is -0.475. The van der Waals surface area contributed by atoms with Gasteiger partial charge in [-0.1, -0.05) is 24.3 Å². The highest BCUT2D eigenvalue weighted by Crippen LogP contribution is 2.34. The van der Waals surface area contributed by atoms with Crippen molar-refractivity contribution < 1.29 is 13.2 Å². The standard InChI is InChI=1S/C16H10BrF3N2/c17-14-10(18)5-3-7-12(14)21-13-8-9-4-1-2-6-11(9)22-15(13)16(19)20/h1-8,16,21H. The van der Waals surface area contributed by atoms with Crippen LogP contribution in [0.4, 0.5) is 24.5 Å². The van der Waals surface area contributed by atoms with E-state index in [1.165, 1.54) is 12.1 Å². The average molecular weight is 367 g/mol. The normalized spacial score (nSPS) is 11.1. The first kappa shape index (κ1) is 14.8. The number of rotatable bonds is 3. The third-order valence-corrected chi connectivity index (χ3v) is 3.99. The minimum absolute atomic E-state index is 0.153. The molecule has 0 aliphatic heterocycles. The summed E-state index contributed by atoms with van der Waals surface area (Å²) in [5, 5.41) is 3.55. The molecule has 0 aliphatic carbocycles. The summed E-state index contributed by atoms with van der Waals surface area (Å²) in [6.07, 6.45) is -2.74. The Morgan fingerprint density at radius 1 is 1.00 bits per heavy atom. The van der Waals surface area contributed by atoms with E-state index < -0.39 is 12.2 Å². The summed E-state index contributed by atoms with van der Waals surface area (Å²) in [5.41, 5.74) is 0.635. The highest BCUT2D eigenvalue weighted by Gasteiger charge is 2.17. The Hall–Kier alpha value is -2.08. The second kappa shape index (κ2) is 5.96. The van der Waals surface area contributed by atoms with Crippen molar-refractivity contribution in [3.05, 3.63) is 64.5 Å². The van der Waals surface area contributed by atoms with Gasteiger partial charge >= 0.3 is 0 Å². The van der Waals surface area contributed by atoms with Gasteiger partial charge in [-0.25, -0.2) is 18.2 Å². The van der Waals surface area contributed by atoms with E-state index in [9.17, 15) is 13.2 Å². The van der Waals surface area contributed by atoms with Crippen molar-refractivity contribution in [2.75, 3.05) is 5.32 Å². The molecule has 3 aromatic rings. The van der Waals surface area contributed by atoms with Gasteiger partial charge in [-0.2, -0.15) is 0 Å². The molecule has 0 fully saturated rings. The SMILES string of the molecule is Fc1cccc(Nc2cc3ccccc3nc2C(F)F)c1Br. The van der Waals surface area contributed by atoms with Crippen molar-refractivity contribution >= 4 is 38.2 Å². The number of alkyl halides is 2. The molecule has 0 unspecified atom stereocenters. The van der Waals surface area contributed by atoms with E-state index in [2.05, 4.69) is 26.2 Å². The lowest BCUT2D eigenvalue weighted by molar-refractivity contribution is 0.147. The maximum Gasteiger partial charge on any atom is 0.282 e. The van der Waals surface area contributed by atoms with Crippen molar-refractivity contribution in [1.82, 2.24) is 4.98 Å². The van der Waals surface area contributed by atoms with Gasteiger partial charge in [0, 0.05) is 5.39 Å². The molecule has 0 radical (unpaired) electrons. The summed E-state index contributed by atoms with van der Waals surface area (Å²) in [7, 11) is 0. The van der Waals surface area contributed by atoms with Crippen LogP contribution >= 0.6 is 15.9 Å². The maximum absolute atomic E-state index is 13.5. The number of hydrogen-bond donors (Lipinski definition) is 1. The van der Waals surface area contributed by atoms with Crippen LogP contribution in [0.2, 0.25) is 0 Å². The molecule has 2 nitrogen and oxygen atoms in total. The summed E-state index contributed by atoms with van der Waals surface area (Å²) in [6, 6.07) is 12.9. The van der Waals surface area contributed by atoms with Crippen LogP contribution in [0.1, 0.15) is 12.1 Å². The maximum atomic E-state index is 13.5. The van der Waals surface area contributed by atoms with Crippen molar-refractivity contribution in [1.29, 1.82) is 0 Å². The molecule has 1 heterocycles. The summed E-state index contributed by atoms with van der Waals surface area (Å²) in [4.78, 5) is 4.00. The van der Waals surface area contributed by atoms with Crippen LogP contribution in [0, 0.1) is 5.82 Å². The fourth-order valence-corrected chi connectivity index (χ4v) is 2.51. The minimum Gasteiger partial charge on any atom is -0.353 e. The van der Waals surface area contributed by atoms with Gasteiger partial charge in [-0.15, -0.1) is 0 Å². The van der Waals surface area contributed by atoms with E-state index >= 15 is 0 Å². The summed E-state index contributed by atoms with van der Waals surface area (Å²) >= 11 is 3.10. The first-order valence-corrected chi connectivity index (χ1v) is 7.24. The second-order valence-electron chi connectivity index (χ2n) is 4.64. The molecule has 0 aliphatic rings. The zero-order chi connectivity index (χ0) is 15.7. The second-order valence-corrected chi connectivity index (χ2v) is 5.43. The average Bonchev–Trinajstić information content (AvgIpc) is 2.51. The number of nitrogens with one attached hydrogen (secondary N) is 1. The molecule has 22 heavy (non-hydrogen) atoms. The Labute approximate surface area is 133 Å². The number of hydrogen-bond acceptors (Lipinski definition) is 2. The lowest BCUT2D eigenvalue weighted by Crippen LogP contribution is -2.01. The van der Waals surface area contributed by atoms with Gasteiger partial charge in [-0.3, -0.25) is 0 Å². The van der Waals surface area contributed by atoms with Crippen LogP contribution in [0.3, 0.4) is 0 Å². The molecule has 3 rings (SSSR count). The van der Waals surface area contributed by atoms with Gasteiger partial charge < -0.3 is 5.32 Å². The van der Waals surface area contributed by atoms with Gasteiger partial charge in [0.1, 0.15) is 11.5 Å². The van der Waals surface area contributed by atoms with Crippen LogP contribution in [0.15, 0.2) is 53.0 Å². The van der Waals surface area contributed by atoms with E-state index in [1.54, 1.807) is 36.4 Å². The fraction of sp³-hybridized carbons (Fsp3) is 0.0625. The number of pyridine rings is 1. The number of fused-ring (bicyclic) bond motifs is 1. The van der Waals surface area contributed by atoms with E-state index in [0.29, 0.717) is 11.2 Å². The number of halogens is 4. The molecule has 112 valence electrons. The first-order chi connectivity index (χ1) is 10.6. The van der Waals surface area contributed by atoms with Crippen LogP contribution in [0.25, 0.3) is 10.9 Å². The van der Waals surface area contributed by atoms with E-state index in [0.717, 1.165) is 5.39 Å². The lowest BCUT2D eigenvalue weighted by atomic mass is 10.1.